The molecule has 1 saturated heterocycles. The Bertz CT molecular complexity index is 924. The maximum atomic E-state index is 10.4. The zero-order chi connectivity index (χ0) is 22.2. The third-order valence-electron chi connectivity index (χ3n) is 5.95. The van der Waals surface area contributed by atoms with Gasteiger partial charge in [0.1, 0.15) is 17.1 Å². The van der Waals surface area contributed by atoms with Crippen LogP contribution in [0.15, 0.2) is 30.3 Å². The van der Waals surface area contributed by atoms with Gasteiger partial charge in [0.05, 0.1) is 36.5 Å². The molecule has 2 heterocycles. The second-order valence-corrected chi connectivity index (χ2v) is 9.47. The first-order chi connectivity index (χ1) is 14.8. The minimum absolute atomic E-state index is 0.116. The summed E-state index contributed by atoms with van der Waals surface area (Å²) in [5.41, 5.74) is 3.68. The molecule has 0 saturated carbocycles. The molecule has 0 aliphatic carbocycles. The van der Waals surface area contributed by atoms with E-state index in [4.69, 9.17) is 25.8 Å². The van der Waals surface area contributed by atoms with Gasteiger partial charge >= 0.3 is 0 Å². The third-order valence-corrected chi connectivity index (χ3v) is 6.42. The number of fused-ring (bicyclic) bond motifs is 1. The summed E-state index contributed by atoms with van der Waals surface area (Å²) in [6, 6.07) is 10.1. The van der Waals surface area contributed by atoms with Crippen LogP contribution in [-0.2, 0) is 17.6 Å². The van der Waals surface area contributed by atoms with Crippen molar-refractivity contribution >= 4 is 11.6 Å². The van der Waals surface area contributed by atoms with Gasteiger partial charge in [-0.1, -0.05) is 23.7 Å². The van der Waals surface area contributed by atoms with Crippen LogP contribution in [0.5, 0.6) is 11.5 Å². The first kappa shape index (κ1) is 22.4. The van der Waals surface area contributed by atoms with E-state index in [2.05, 4.69) is 18.2 Å². The van der Waals surface area contributed by atoms with E-state index in [1.165, 1.54) is 0 Å². The van der Waals surface area contributed by atoms with Crippen molar-refractivity contribution in [2.24, 2.45) is 0 Å². The fourth-order valence-electron chi connectivity index (χ4n) is 4.57. The highest BCUT2D eigenvalue weighted by molar-refractivity contribution is 6.32. The summed E-state index contributed by atoms with van der Waals surface area (Å²) >= 11 is 6.87. The van der Waals surface area contributed by atoms with Gasteiger partial charge in [0.15, 0.2) is 0 Å². The second kappa shape index (κ2) is 8.99. The summed E-state index contributed by atoms with van der Waals surface area (Å²) in [5.74, 6) is 1.61. The van der Waals surface area contributed by atoms with Gasteiger partial charge in [0.2, 0.25) is 0 Å². The highest BCUT2D eigenvalue weighted by Crippen LogP contribution is 2.48. The Kier molecular flexibility index (Phi) is 6.50. The fourth-order valence-corrected chi connectivity index (χ4v) is 4.84. The molecule has 3 unspecified atom stereocenters. The molecule has 2 aliphatic rings. The normalized spacial score (nSPS) is 24.5. The van der Waals surface area contributed by atoms with E-state index in [-0.39, 0.29) is 24.4 Å². The van der Waals surface area contributed by atoms with E-state index in [0.29, 0.717) is 32.3 Å². The Morgan fingerprint density at radius 1 is 1.19 bits per heavy atom. The number of aliphatic hydroxyl groups is 2. The Hall–Kier alpha value is -1.79. The molecular formula is C25H31ClO5. The molecule has 1 fully saturated rings. The lowest BCUT2D eigenvalue weighted by molar-refractivity contribution is -0.114. The van der Waals surface area contributed by atoms with Gasteiger partial charge in [-0.15, -0.1) is 0 Å². The monoisotopic (exact) mass is 446 g/mol. The summed E-state index contributed by atoms with van der Waals surface area (Å²) < 4.78 is 18.0. The molecule has 3 atom stereocenters. The van der Waals surface area contributed by atoms with Crippen molar-refractivity contribution in [3.63, 3.8) is 0 Å². The van der Waals surface area contributed by atoms with E-state index in [9.17, 15) is 10.2 Å². The average molecular weight is 447 g/mol. The standard InChI is InChI=1S/C25H31ClO5/c1-4-29-18-7-5-15(6-8-18)9-16-10-20(22-12-17(28)11-19(14-27)30-22)24-21(23(16)26)13-25(2,3)31-24/h5-8,10,17,19,22,27-28H,4,9,11-14H2,1-3H3. The van der Waals surface area contributed by atoms with Crippen LogP contribution in [0.1, 0.15) is 62.0 Å². The molecule has 2 aliphatic heterocycles. The summed E-state index contributed by atoms with van der Waals surface area (Å²) in [4.78, 5) is 0. The summed E-state index contributed by atoms with van der Waals surface area (Å²) in [6.07, 6.45) is 1.04. The zero-order valence-electron chi connectivity index (χ0n) is 18.4. The summed E-state index contributed by atoms with van der Waals surface area (Å²) in [7, 11) is 0. The second-order valence-electron chi connectivity index (χ2n) is 9.09. The van der Waals surface area contributed by atoms with Crippen molar-refractivity contribution < 1.29 is 24.4 Å². The molecule has 2 aromatic carbocycles. The quantitative estimate of drug-likeness (QED) is 0.677. The van der Waals surface area contributed by atoms with E-state index in [1.807, 2.05) is 32.9 Å². The number of halogens is 1. The van der Waals surface area contributed by atoms with Crippen LogP contribution in [0.2, 0.25) is 5.02 Å². The van der Waals surface area contributed by atoms with Gasteiger partial charge in [-0.05, 0) is 56.5 Å². The van der Waals surface area contributed by atoms with E-state index in [1.54, 1.807) is 0 Å². The van der Waals surface area contributed by atoms with Crippen molar-refractivity contribution in [2.45, 2.75) is 70.4 Å². The van der Waals surface area contributed by atoms with Gasteiger partial charge < -0.3 is 24.4 Å². The van der Waals surface area contributed by atoms with Gasteiger partial charge in [-0.3, -0.25) is 0 Å². The van der Waals surface area contributed by atoms with E-state index >= 15 is 0 Å². The first-order valence-corrected chi connectivity index (χ1v) is 11.4. The molecule has 6 heteroatoms. The molecule has 5 nitrogen and oxygen atoms in total. The first-order valence-electron chi connectivity index (χ1n) is 11.0. The summed E-state index contributed by atoms with van der Waals surface area (Å²) in [6.45, 7) is 6.58. The Morgan fingerprint density at radius 2 is 1.94 bits per heavy atom. The molecule has 0 bridgehead atoms. The molecule has 0 aromatic heterocycles. The lowest BCUT2D eigenvalue weighted by Crippen LogP contribution is -2.33. The van der Waals surface area contributed by atoms with Crippen LogP contribution in [0.25, 0.3) is 0 Å². The molecule has 31 heavy (non-hydrogen) atoms. The van der Waals surface area contributed by atoms with Crippen LogP contribution in [-0.4, -0.2) is 41.2 Å². The SMILES string of the molecule is CCOc1ccc(Cc2cc(C3CC(O)CC(CO)O3)c3c(c2Cl)CC(C)(C)O3)cc1. The molecule has 0 radical (unpaired) electrons. The lowest BCUT2D eigenvalue weighted by Gasteiger charge is -2.33. The predicted octanol–water partition coefficient (Wildman–Crippen LogP) is 4.62. The van der Waals surface area contributed by atoms with E-state index in [0.717, 1.165) is 38.8 Å². The molecule has 2 N–H and O–H groups in total. The minimum Gasteiger partial charge on any atom is -0.494 e. The Morgan fingerprint density at radius 3 is 2.61 bits per heavy atom. The number of hydrogen-bond acceptors (Lipinski definition) is 5. The fraction of sp³-hybridized carbons (Fsp3) is 0.520. The van der Waals surface area contributed by atoms with Gasteiger partial charge in [0, 0.05) is 30.4 Å². The predicted molar refractivity (Wildman–Crippen MR) is 120 cm³/mol. The Balaban J connectivity index is 1.70. The van der Waals surface area contributed by atoms with Crippen molar-refractivity contribution in [1.29, 1.82) is 0 Å². The van der Waals surface area contributed by atoms with Gasteiger partial charge in [-0.2, -0.15) is 0 Å². The molecule has 2 aromatic rings. The zero-order valence-corrected chi connectivity index (χ0v) is 19.1. The lowest BCUT2D eigenvalue weighted by atomic mass is 9.90. The maximum Gasteiger partial charge on any atom is 0.130 e. The highest BCUT2D eigenvalue weighted by atomic mass is 35.5. The smallest absolute Gasteiger partial charge is 0.130 e. The maximum absolute atomic E-state index is 10.4. The van der Waals surface area contributed by atoms with Crippen LogP contribution < -0.4 is 9.47 Å². The van der Waals surface area contributed by atoms with Crippen molar-refractivity contribution in [2.75, 3.05) is 13.2 Å². The van der Waals surface area contributed by atoms with Crippen LogP contribution in [0, 0.1) is 0 Å². The topological polar surface area (TPSA) is 68.2 Å². The number of hydrogen-bond donors (Lipinski definition) is 2. The van der Waals surface area contributed by atoms with Crippen molar-refractivity contribution in [3.05, 3.63) is 57.6 Å². The molecular weight excluding hydrogens is 416 g/mol. The molecule has 0 amide bonds. The number of rotatable bonds is 6. The largest absolute Gasteiger partial charge is 0.494 e. The number of benzene rings is 2. The average Bonchev–Trinajstić information content (AvgIpc) is 3.06. The van der Waals surface area contributed by atoms with Gasteiger partial charge in [0.25, 0.3) is 0 Å². The van der Waals surface area contributed by atoms with Gasteiger partial charge in [-0.25, -0.2) is 0 Å². The third kappa shape index (κ3) is 4.85. The molecule has 4 rings (SSSR count). The van der Waals surface area contributed by atoms with E-state index < -0.39 is 6.10 Å². The highest BCUT2D eigenvalue weighted by Gasteiger charge is 2.39. The van der Waals surface area contributed by atoms with Crippen LogP contribution in [0.3, 0.4) is 0 Å². The Labute approximate surface area is 188 Å². The molecule has 168 valence electrons. The summed E-state index contributed by atoms with van der Waals surface area (Å²) in [5, 5.41) is 20.7. The van der Waals surface area contributed by atoms with Crippen molar-refractivity contribution in [3.8, 4) is 11.5 Å². The minimum atomic E-state index is -0.522. The number of aliphatic hydroxyl groups excluding tert-OH is 2. The van der Waals surface area contributed by atoms with Crippen molar-refractivity contribution in [1.82, 2.24) is 0 Å². The molecule has 0 spiro atoms. The number of ether oxygens (including phenoxy) is 3. The van der Waals surface area contributed by atoms with Crippen LogP contribution >= 0.6 is 11.6 Å². The van der Waals surface area contributed by atoms with Crippen LogP contribution in [0.4, 0.5) is 0 Å².